The van der Waals surface area contributed by atoms with E-state index in [1.807, 2.05) is 0 Å². The standard InChI is InChI=1S/C9H11NO2.CH5N/c1-7(2)8-3-5-9(6-4-8)10(11)12;1-2/h3-7H,1-2H3;2H2,1H3. The van der Waals surface area contributed by atoms with E-state index in [0.717, 1.165) is 5.56 Å². The molecule has 0 radical (unpaired) electrons. The summed E-state index contributed by atoms with van der Waals surface area (Å²) >= 11 is 0. The van der Waals surface area contributed by atoms with E-state index in [9.17, 15) is 10.1 Å². The Balaban J connectivity index is 0.000000791. The molecule has 0 aliphatic carbocycles. The number of nitro benzene ring substituents is 1. The highest BCUT2D eigenvalue weighted by molar-refractivity contribution is 5.33. The third-order valence-corrected chi connectivity index (χ3v) is 1.77. The average Bonchev–Trinajstić information content (AvgIpc) is 2.21. The quantitative estimate of drug-likeness (QED) is 0.582. The van der Waals surface area contributed by atoms with Crippen molar-refractivity contribution >= 4 is 5.69 Å². The Labute approximate surface area is 83.9 Å². The predicted octanol–water partition coefficient (Wildman–Crippen LogP) is 2.29. The molecular weight excluding hydrogens is 180 g/mol. The van der Waals surface area contributed by atoms with E-state index < -0.39 is 0 Å². The number of nitro groups is 1. The van der Waals surface area contributed by atoms with Crippen LogP contribution in [-0.2, 0) is 0 Å². The molecule has 0 amide bonds. The summed E-state index contributed by atoms with van der Waals surface area (Å²) in [4.78, 5) is 9.90. The number of rotatable bonds is 2. The number of hydrogen-bond acceptors (Lipinski definition) is 3. The molecule has 0 unspecified atom stereocenters. The Bertz CT molecular complexity index is 281. The first kappa shape index (κ1) is 12.6. The number of hydrogen-bond donors (Lipinski definition) is 1. The van der Waals surface area contributed by atoms with Crippen LogP contribution >= 0.6 is 0 Å². The van der Waals surface area contributed by atoms with Crippen LogP contribution < -0.4 is 5.73 Å². The second-order valence-corrected chi connectivity index (χ2v) is 3.00. The molecule has 0 aliphatic heterocycles. The van der Waals surface area contributed by atoms with E-state index >= 15 is 0 Å². The molecule has 2 N–H and O–H groups in total. The molecule has 78 valence electrons. The first-order chi connectivity index (χ1) is 6.61. The van der Waals surface area contributed by atoms with Crippen LogP contribution in [0.4, 0.5) is 5.69 Å². The van der Waals surface area contributed by atoms with Gasteiger partial charge in [0.25, 0.3) is 5.69 Å². The first-order valence-corrected chi connectivity index (χ1v) is 4.43. The molecule has 0 saturated carbocycles. The third-order valence-electron chi connectivity index (χ3n) is 1.77. The van der Waals surface area contributed by atoms with Crippen LogP contribution in [0.25, 0.3) is 0 Å². The Hall–Kier alpha value is -1.42. The van der Waals surface area contributed by atoms with Gasteiger partial charge in [0.05, 0.1) is 4.92 Å². The second kappa shape index (κ2) is 6.10. The fourth-order valence-corrected chi connectivity index (χ4v) is 0.981. The number of non-ortho nitro benzene ring substituents is 1. The highest BCUT2D eigenvalue weighted by Crippen LogP contribution is 2.17. The normalized spacial score (nSPS) is 9.21. The third kappa shape index (κ3) is 3.53. The van der Waals surface area contributed by atoms with Crippen molar-refractivity contribution in [3.05, 3.63) is 39.9 Å². The van der Waals surface area contributed by atoms with E-state index in [4.69, 9.17) is 0 Å². The molecule has 1 rings (SSSR count). The topological polar surface area (TPSA) is 69.2 Å². The van der Waals surface area contributed by atoms with Crippen molar-refractivity contribution in [3.8, 4) is 0 Å². The molecule has 0 saturated heterocycles. The largest absolute Gasteiger partial charge is 0.333 e. The highest BCUT2D eigenvalue weighted by atomic mass is 16.6. The van der Waals surface area contributed by atoms with Gasteiger partial charge in [0, 0.05) is 12.1 Å². The second-order valence-electron chi connectivity index (χ2n) is 3.00. The summed E-state index contributed by atoms with van der Waals surface area (Å²) in [7, 11) is 1.50. The number of benzene rings is 1. The van der Waals surface area contributed by atoms with Gasteiger partial charge in [-0.15, -0.1) is 0 Å². The molecule has 0 heterocycles. The van der Waals surface area contributed by atoms with E-state index in [2.05, 4.69) is 19.6 Å². The fraction of sp³-hybridized carbons (Fsp3) is 0.400. The lowest BCUT2D eigenvalue weighted by molar-refractivity contribution is -0.384. The van der Waals surface area contributed by atoms with Gasteiger partial charge in [-0.1, -0.05) is 26.0 Å². The summed E-state index contributed by atoms with van der Waals surface area (Å²) < 4.78 is 0. The molecule has 4 heteroatoms. The Morgan fingerprint density at radius 2 is 1.64 bits per heavy atom. The molecule has 4 nitrogen and oxygen atoms in total. The van der Waals surface area contributed by atoms with Crippen LogP contribution in [0.2, 0.25) is 0 Å². The summed E-state index contributed by atoms with van der Waals surface area (Å²) in [6.45, 7) is 4.11. The maximum Gasteiger partial charge on any atom is 0.269 e. The minimum absolute atomic E-state index is 0.152. The van der Waals surface area contributed by atoms with Gasteiger partial charge < -0.3 is 5.73 Å². The lowest BCUT2D eigenvalue weighted by Crippen LogP contribution is -1.90. The first-order valence-electron chi connectivity index (χ1n) is 4.43. The van der Waals surface area contributed by atoms with E-state index in [1.165, 1.54) is 19.2 Å². The highest BCUT2D eigenvalue weighted by Gasteiger charge is 2.04. The maximum absolute atomic E-state index is 10.3. The van der Waals surface area contributed by atoms with E-state index in [0.29, 0.717) is 5.92 Å². The molecule has 0 atom stereocenters. The minimum Gasteiger partial charge on any atom is -0.333 e. The van der Waals surface area contributed by atoms with Gasteiger partial charge in [-0.25, -0.2) is 0 Å². The molecule has 0 aromatic heterocycles. The van der Waals surface area contributed by atoms with E-state index in [1.54, 1.807) is 12.1 Å². The van der Waals surface area contributed by atoms with Gasteiger partial charge in [-0.3, -0.25) is 10.1 Å². The van der Waals surface area contributed by atoms with Crippen LogP contribution in [0.15, 0.2) is 24.3 Å². The molecule has 0 bridgehead atoms. The van der Waals surface area contributed by atoms with Crippen LogP contribution in [0.5, 0.6) is 0 Å². The summed E-state index contributed by atoms with van der Waals surface area (Å²) in [6, 6.07) is 6.66. The van der Waals surface area contributed by atoms with Crippen LogP contribution in [-0.4, -0.2) is 12.0 Å². The zero-order valence-electron chi connectivity index (χ0n) is 8.73. The lowest BCUT2D eigenvalue weighted by Gasteiger charge is -2.02. The Morgan fingerprint density at radius 1 is 1.21 bits per heavy atom. The summed E-state index contributed by atoms with van der Waals surface area (Å²) in [5.74, 6) is 0.422. The van der Waals surface area contributed by atoms with Gasteiger partial charge >= 0.3 is 0 Å². The van der Waals surface area contributed by atoms with Crippen molar-refractivity contribution in [1.29, 1.82) is 0 Å². The van der Waals surface area contributed by atoms with Crippen LogP contribution in [0.3, 0.4) is 0 Å². The average molecular weight is 196 g/mol. The fourth-order valence-electron chi connectivity index (χ4n) is 0.981. The number of nitrogens with zero attached hydrogens (tertiary/aromatic N) is 1. The SMILES string of the molecule is CC(C)c1ccc([N+](=O)[O-])cc1.CN. The smallest absolute Gasteiger partial charge is 0.269 e. The van der Waals surface area contributed by atoms with Gasteiger partial charge in [-0.05, 0) is 18.5 Å². The maximum atomic E-state index is 10.3. The zero-order valence-corrected chi connectivity index (χ0v) is 8.73. The molecule has 0 fully saturated rings. The van der Waals surface area contributed by atoms with Crippen molar-refractivity contribution in [2.24, 2.45) is 5.73 Å². The molecular formula is C10H16N2O2. The summed E-state index contributed by atoms with van der Waals surface area (Å²) in [6.07, 6.45) is 0. The van der Waals surface area contributed by atoms with Crippen LogP contribution in [0, 0.1) is 10.1 Å². The molecule has 1 aromatic rings. The van der Waals surface area contributed by atoms with Crippen molar-refractivity contribution in [3.63, 3.8) is 0 Å². The van der Waals surface area contributed by atoms with Gasteiger partial charge in [0.15, 0.2) is 0 Å². The lowest BCUT2D eigenvalue weighted by atomic mass is 10.0. The summed E-state index contributed by atoms with van der Waals surface area (Å²) in [5.41, 5.74) is 5.78. The van der Waals surface area contributed by atoms with Crippen molar-refractivity contribution in [2.75, 3.05) is 7.05 Å². The zero-order chi connectivity index (χ0) is 11.1. The predicted molar refractivity (Wildman–Crippen MR) is 57.3 cm³/mol. The Kier molecular flexibility index (Phi) is 5.48. The minimum atomic E-state index is -0.385. The Morgan fingerprint density at radius 3 is 1.93 bits per heavy atom. The van der Waals surface area contributed by atoms with Gasteiger partial charge in [-0.2, -0.15) is 0 Å². The van der Waals surface area contributed by atoms with Crippen molar-refractivity contribution in [2.45, 2.75) is 19.8 Å². The molecule has 14 heavy (non-hydrogen) atoms. The number of nitrogens with two attached hydrogens (primary N) is 1. The van der Waals surface area contributed by atoms with Crippen LogP contribution in [0.1, 0.15) is 25.3 Å². The molecule has 0 aliphatic rings. The van der Waals surface area contributed by atoms with Crippen molar-refractivity contribution in [1.82, 2.24) is 0 Å². The monoisotopic (exact) mass is 196 g/mol. The van der Waals surface area contributed by atoms with Gasteiger partial charge in [0.2, 0.25) is 0 Å². The van der Waals surface area contributed by atoms with Crippen molar-refractivity contribution < 1.29 is 4.92 Å². The van der Waals surface area contributed by atoms with E-state index in [-0.39, 0.29) is 10.6 Å². The van der Waals surface area contributed by atoms with Gasteiger partial charge in [0.1, 0.15) is 0 Å². The molecule has 0 spiro atoms. The summed E-state index contributed by atoms with van der Waals surface area (Å²) in [5, 5.41) is 10.3. The molecule has 1 aromatic carbocycles.